The van der Waals surface area contributed by atoms with Crippen molar-refractivity contribution in [3.63, 3.8) is 0 Å². The lowest BCUT2D eigenvalue weighted by Crippen LogP contribution is -2.29. The van der Waals surface area contributed by atoms with Gasteiger partial charge in [-0.1, -0.05) is 26.0 Å². The third-order valence-corrected chi connectivity index (χ3v) is 5.91. The van der Waals surface area contributed by atoms with Crippen molar-refractivity contribution in [2.75, 3.05) is 5.32 Å². The molecule has 1 amide bonds. The van der Waals surface area contributed by atoms with Gasteiger partial charge in [0.1, 0.15) is 4.88 Å². The van der Waals surface area contributed by atoms with Gasteiger partial charge in [-0.3, -0.25) is 4.79 Å². The number of amides is 1. The number of ether oxygens (including phenoxy) is 1. The van der Waals surface area contributed by atoms with Crippen molar-refractivity contribution in [3.8, 4) is 0 Å². The van der Waals surface area contributed by atoms with Crippen LogP contribution in [0, 0.1) is 0 Å². The van der Waals surface area contributed by atoms with Gasteiger partial charge in [0.05, 0.1) is 0 Å². The average molecular weight is 372 g/mol. The first-order chi connectivity index (χ1) is 12.4. The van der Waals surface area contributed by atoms with E-state index in [2.05, 4.69) is 19.2 Å². The van der Waals surface area contributed by atoms with Crippen LogP contribution < -0.4 is 5.32 Å². The molecule has 0 saturated heterocycles. The van der Waals surface area contributed by atoms with E-state index in [1.807, 2.05) is 30.3 Å². The Bertz CT molecular complexity index is 769. The Morgan fingerprint density at radius 2 is 1.77 bits per heavy atom. The number of thiophene rings is 1. The highest BCUT2D eigenvalue weighted by molar-refractivity contribution is 7.14. The van der Waals surface area contributed by atoms with Crippen molar-refractivity contribution in [1.29, 1.82) is 0 Å². The van der Waals surface area contributed by atoms with Crippen LogP contribution in [0.3, 0.4) is 0 Å². The minimum atomic E-state index is -0.841. The van der Waals surface area contributed by atoms with E-state index in [4.69, 9.17) is 4.74 Å². The van der Waals surface area contributed by atoms with Gasteiger partial charge in [0.15, 0.2) is 6.10 Å². The summed E-state index contributed by atoms with van der Waals surface area (Å²) in [6.07, 6.45) is 3.58. The molecule has 0 aliphatic heterocycles. The van der Waals surface area contributed by atoms with Crippen molar-refractivity contribution >= 4 is 28.9 Å². The molecule has 1 atom stereocenters. The number of anilines is 1. The molecule has 0 bridgehead atoms. The maximum absolute atomic E-state index is 12.4. The molecule has 0 spiro atoms. The van der Waals surface area contributed by atoms with Gasteiger partial charge in [0.2, 0.25) is 0 Å². The normalized spacial score (nSPS) is 14.6. The lowest BCUT2D eigenvalue weighted by atomic mass is 9.99. The summed E-state index contributed by atoms with van der Waals surface area (Å²) in [6, 6.07) is 9.65. The number of fused-ring (bicyclic) bond motifs is 1. The zero-order chi connectivity index (χ0) is 18.7. The highest BCUT2D eigenvalue weighted by Gasteiger charge is 2.22. The van der Waals surface area contributed by atoms with E-state index < -0.39 is 12.1 Å². The van der Waals surface area contributed by atoms with Crippen LogP contribution >= 0.6 is 11.3 Å². The average Bonchev–Trinajstić information content (AvgIpc) is 3.06. The summed E-state index contributed by atoms with van der Waals surface area (Å²) in [5.41, 5.74) is 3.17. The van der Waals surface area contributed by atoms with E-state index in [9.17, 15) is 9.59 Å². The first-order valence-electron chi connectivity index (χ1n) is 9.17. The van der Waals surface area contributed by atoms with Crippen LogP contribution in [0.4, 0.5) is 5.69 Å². The molecule has 1 heterocycles. The lowest BCUT2D eigenvalue weighted by molar-refractivity contribution is -0.123. The van der Waals surface area contributed by atoms with Crippen molar-refractivity contribution in [3.05, 3.63) is 51.2 Å². The number of rotatable bonds is 5. The van der Waals surface area contributed by atoms with Crippen molar-refractivity contribution < 1.29 is 14.3 Å². The fraction of sp³-hybridized carbons (Fsp3) is 0.429. The fourth-order valence-corrected chi connectivity index (χ4v) is 4.20. The molecule has 1 aromatic carbocycles. The van der Waals surface area contributed by atoms with Crippen molar-refractivity contribution in [2.24, 2.45) is 0 Å². The summed E-state index contributed by atoms with van der Waals surface area (Å²) in [7, 11) is 0. The molecule has 4 nitrogen and oxygen atoms in total. The first-order valence-corrected chi connectivity index (χ1v) is 9.99. The molecule has 1 aliphatic carbocycles. The fourth-order valence-electron chi connectivity index (χ4n) is 3.06. The standard InChI is InChI=1S/C21H25NO3S/c1-13(2)15-8-10-17(11-9-15)22-20(23)14(3)25-21(24)19-12-16-6-4-5-7-18(16)26-19/h8-14H,4-7H2,1-3H3,(H,22,23). The third-order valence-electron chi connectivity index (χ3n) is 4.70. The molecule has 1 N–H and O–H groups in total. The molecule has 5 heteroatoms. The minimum Gasteiger partial charge on any atom is -0.448 e. The van der Waals surface area contributed by atoms with Gasteiger partial charge in [-0.25, -0.2) is 4.79 Å². The van der Waals surface area contributed by atoms with Crippen LogP contribution in [-0.4, -0.2) is 18.0 Å². The zero-order valence-corrected chi connectivity index (χ0v) is 16.3. The smallest absolute Gasteiger partial charge is 0.349 e. The third kappa shape index (κ3) is 4.33. The number of carbonyl (C=O) groups excluding carboxylic acids is 2. The highest BCUT2D eigenvalue weighted by atomic mass is 32.1. The predicted molar refractivity (Wildman–Crippen MR) is 105 cm³/mol. The first kappa shape index (κ1) is 18.6. The van der Waals surface area contributed by atoms with Crippen LogP contribution in [0.25, 0.3) is 0 Å². The molecule has 1 unspecified atom stereocenters. The number of carbonyl (C=O) groups is 2. The summed E-state index contributed by atoms with van der Waals surface area (Å²) in [6.45, 7) is 5.85. The van der Waals surface area contributed by atoms with Gasteiger partial charge in [-0.05, 0) is 67.9 Å². The summed E-state index contributed by atoms with van der Waals surface area (Å²) in [5, 5.41) is 2.80. The Labute approximate surface area is 158 Å². The molecule has 2 aromatic rings. The van der Waals surface area contributed by atoms with Crippen molar-refractivity contribution in [2.45, 2.75) is 58.5 Å². The molecule has 26 heavy (non-hydrogen) atoms. The van der Waals surface area contributed by atoms with Gasteiger partial charge in [-0.15, -0.1) is 11.3 Å². The van der Waals surface area contributed by atoms with Gasteiger partial charge in [0.25, 0.3) is 5.91 Å². The summed E-state index contributed by atoms with van der Waals surface area (Å²) in [5.74, 6) is -0.296. The van der Waals surface area contributed by atoms with Crippen LogP contribution in [0.5, 0.6) is 0 Å². The molecule has 0 fully saturated rings. The van der Waals surface area contributed by atoms with E-state index in [1.54, 1.807) is 6.92 Å². The Morgan fingerprint density at radius 3 is 2.42 bits per heavy atom. The second kappa shape index (κ2) is 8.04. The second-order valence-corrected chi connectivity index (χ2v) is 8.22. The number of hydrogen-bond donors (Lipinski definition) is 1. The quantitative estimate of drug-likeness (QED) is 0.758. The van der Waals surface area contributed by atoms with E-state index >= 15 is 0 Å². The molecular formula is C21H25NO3S. The monoisotopic (exact) mass is 371 g/mol. The molecule has 0 saturated carbocycles. The molecular weight excluding hydrogens is 346 g/mol. The number of esters is 1. The van der Waals surface area contributed by atoms with E-state index in [0.717, 1.165) is 12.8 Å². The molecule has 1 aromatic heterocycles. The van der Waals surface area contributed by atoms with E-state index in [-0.39, 0.29) is 5.91 Å². The van der Waals surface area contributed by atoms with Gasteiger partial charge in [-0.2, -0.15) is 0 Å². The number of aryl methyl sites for hydroxylation is 2. The van der Waals surface area contributed by atoms with Gasteiger partial charge in [0, 0.05) is 10.6 Å². The molecule has 1 aliphatic rings. The van der Waals surface area contributed by atoms with Gasteiger partial charge >= 0.3 is 5.97 Å². The van der Waals surface area contributed by atoms with Crippen LogP contribution in [0.15, 0.2) is 30.3 Å². The van der Waals surface area contributed by atoms with Crippen LogP contribution in [0.1, 0.15) is 65.2 Å². The van der Waals surface area contributed by atoms with E-state index in [0.29, 0.717) is 16.5 Å². The maximum Gasteiger partial charge on any atom is 0.349 e. The SMILES string of the molecule is CC(OC(=O)c1cc2c(s1)CCCC2)C(=O)Nc1ccc(C(C)C)cc1. The Balaban J connectivity index is 1.58. The summed E-state index contributed by atoms with van der Waals surface area (Å²) >= 11 is 1.50. The largest absolute Gasteiger partial charge is 0.448 e. The highest BCUT2D eigenvalue weighted by Crippen LogP contribution is 2.30. The Morgan fingerprint density at radius 1 is 1.08 bits per heavy atom. The molecule has 3 rings (SSSR count). The lowest BCUT2D eigenvalue weighted by Gasteiger charge is -2.13. The topological polar surface area (TPSA) is 55.4 Å². The van der Waals surface area contributed by atoms with Gasteiger partial charge < -0.3 is 10.1 Å². The van der Waals surface area contributed by atoms with E-state index in [1.165, 1.54) is 40.2 Å². The Hall–Kier alpha value is -2.14. The predicted octanol–water partition coefficient (Wildman–Crippen LogP) is 4.93. The zero-order valence-electron chi connectivity index (χ0n) is 15.5. The summed E-state index contributed by atoms with van der Waals surface area (Å²) in [4.78, 5) is 26.5. The van der Waals surface area contributed by atoms with Crippen LogP contribution in [-0.2, 0) is 22.4 Å². The Kier molecular flexibility index (Phi) is 5.77. The maximum atomic E-state index is 12.4. The second-order valence-electron chi connectivity index (χ2n) is 7.08. The minimum absolute atomic E-state index is 0.322. The summed E-state index contributed by atoms with van der Waals surface area (Å²) < 4.78 is 5.37. The van der Waals surface area contributed by atoms with Crippen LogP contribution in [0.2, 0.25) is 0 Å². The van der Waals surface area contributed by atoms with Crippen molar-refractivity contribution in [1.82, 2.24) is 0 Å². The number of nitrogens with one attached hydrogen (secondary N) is 1. The number of benzene rings is 1. The number of hydrogen-bond acceptors (Lipinski definition) is 4. The molecule has 0 radical (unpaired) electrons. The molecule has 138 valence electrons.